The van der Waals surface area contributed by atoms with E-state index in [0.29, 0.717) is 11.1 Å². The Balaban J connectivity index is 1.22. The second-order valence-electron chi connectivity index (χ2n) is 12.7. The summed E-state index contributed by atoms with van der Waals surface area (Å²) in [6, 6.07) is 50.3. The number of anilines is 2. The number of fused-ring (bicyclic) bond motifs is 10. The lowest BCUT2D eigenvalue weighted by Gasteiger charge is -2.30. The van der Waals surface area contributed by atoms with E-state index in [2.05, 4.69) is 100 Å². The van der Waals surface area contributed by atoms with Gasteiger partial charge in [0, 0.05) is 38.7 Å². The predicted octanol–water partition coefficient (Wildman–Crippen LogP) is 10.6. The molecule has 228 valence electrons. The van der Waals surface area contributed by atoms with Crippen molar-refractivity contribution in [3.63, 3.8) is 0 Å². The van der Waals surface area contributed by atoms with Gasteiger partial charge in [0.15, 0.2) is 0 Å². The lowest BCUT2D eigenvalue weighted by molar-refractivity contribution is 0.505. The van der Waals surface area contributed by atoms with Gasteiger partial charge >= 0.3 is 0 Å². The van der Waals surface area contributed by atoms with Gasteiger partial charge < -0.3 is 13.9 Å². The van der Waals surface area contributed by atoms with Crippen molar-refractivity contribution < 1.29 is 4.42 Å². The lowest BCUT2D eigenvalue weighted by atomic mass is 9.85. The fraction of sp³-hybridized carbons (Fsp3) is 0.0455. The second-order valence-corrected chi connectivity index (χ2v) is 12.7. The number of aromatic nitrogens is 1. The van der Waals surface area contributed by atoms with Crippen LogP contribution >= 0.6 is 0 Å². The Bertz CT molecular complexity index is 2770. The molecule has 0 radical (unpaired) electrons. The van der Waals surface area contributed by atoms with Crippen molar-refractivity contribution in [1.82, 2.24) is 4.57 Å². The average Bonchev–Trinajstić information content (AvgIpc) is 3.82. The summed E-state index contributed by atoms with van der Waals surface area (Å²) in [6.45, 7) is 0. The van der Waals surface area contributed by atoms with Crippen LogP contribution in [0.5, 0.6) is 0 Å². The molecule has 49 heavy (non-hydrogen) atoms. The van der Waals surface area contributed by atoms with Crippen molar-refractivity contribution in [2.75, 3.05) is 4.90 Å². The number of nitrogens with zero attached hydrogens (tertiary/aromatic N) is 4. The zero-order chi connectivity index (χ0) is 32.6. The summed E-state index contributed by atoms with van der Waals surface area (Å²) in [7, 11) is 0. The smallest absolute Gasteiger partial charge is 0.134 e. The van der Waals surface area contributed by atoms with Crippen LogP contribution in [0.25, 0.3) is 55.7 Å². The molecule has 0 amide bonds. The molecule has 1 aliphatic carbocycles. The van der Waals surface area contributed by atoms with Crippen molar-refractivity contribution in [1.29, 1.82) is 10.5 Å². The van der Waals surface area contributed by atoms with Gasteiger partial charge in [-0.3, -0.25) is 0 Å². The molecule has 2 atom stereocenters. The quantitative estimate of drug-likeness (QED) is 0.196. The van der Waals surface area contributed by atoms with Gasteiger partial charge in [-0.15, -0.1) is 0 Å². The monoisotopic (exact) mass is 626 g/mol. The molecule has 1 aliphatic heterocycles. The largest absolute Gasteiger partial charge is 0.460 e. The van der Waals surface area contributed by atoms with Crippen molar-refractivity contribution in [2.24, 2.45) is 0 Å². The van der Waals surface area contributed by atoms with E-state index in [1.165, 1.54) is 5.56 Å². The van der Waals surface area contributed by atoms with Crippen LogP contribution < -0.4 is 4.90 Å². The van der Waals surface area contributed by atoms with Crippen molar-refractivity contribution in [2.45, 2.75) is 12.0 Å². The summed E-state index contributed by atoms with van der Waals surface area (Å²) in [5.74, 6) is 1.02. The zero-order valence-electron chi connectivity index (χ0n) is 26.2. The Labute approximate surface area is 282 Å². The maximum absolute atomic E-state index is 10.1. The van der Waals surface area contributed by atoms with Gasteiger partial charge in [-0.1, -0.05) is 78.9 Å². The minimum absolute atomic E-state index is 0.0215. The highest BCUT2D eigenvalue weighted by molar-refractivity contribution is 6.10. The summed E-state index contributed by atoms with van der Waals surface area (Å²) in [4.78, 5) is 2.42. The van der Waals surface area contributed by atoms with Gasteiger partial charge in [0.05, 0.1) is 51.9 Å². The molecular formula is C44H26N4O. The molecule has 10 rings (SSSR count). The molecule has 0 saturated heterocycles. The molecule has 0 saturated carbocycles. The highest BCUT2D eigenvalue weighted by Crippen LogP contribution is 2.54. The minimum Gasteiger partial charge on any atom is -0.460 e. The van der Waals surface area contributed by atoms with E-state index in [9.17, 15) is 10.5 Å². The fourth-order valence-corrected chi connectivity index (χ4v) is 8.09. The van der Waals surface area contributed by atoms with Gasteiger partial charge in [0.25, 0.3) is 0 Å². The summed E-state index contributed by atoms with van der Waals surface area (Å²) < 4.78 is 8.88. The molecule has 5 heteroatoms. The van der Waals surface area contributed by atoms with Crippen LogP contribution in [0.4, 0.5) is 11.4 Å². The maximum Gasteiger partial charge on any atom is 0.134 e. The Kier molecular flexibility index (Phi) is 5.76. The molecule has 2 unspecified atom stereocenters. The number of rotatable bonds is 3. The van der Waals surface area contributed by atoms with Gasteiger partial charge in [-0.2, -0.15) is 10.5 Å². The van der Waals surface area contributed by atoms with Crippen LogP contribution in [0, 0.1) is 22.7 Å². The summed E-state index contributed by atoms with van der Waals surface area (Å²) >= 11 is 0. The Morgan fingerprint density at radius 2 is 1.35 bits per heavy atom. The number of nitriles is 2. The number of furan rings is 1. The molecule has 0 spiro atoms. The Morgan fingerprint density at radius 1 is 0.612 bits per heavy atom. The van der Waals surface area contributed by atoms with Crippen LogP contribution in [0.1, 0.15) is 33.9 Å². The maximum atomic E-state index is 10.1. The van der Waals surface area contributed by atoms with Gasteiger partial charge in [-0.05, 0) is 77.9 Å². The van der Waals surface area contributed by atoms with E-state index in [0.717, 1.165) is 72.3 Å². The standard InChI is InChI=1S/C44H26N4O/c45-25-27-14-19-38(48-37-12-6-4-10-31(37)36-23-28(26-46)15-20-39(36)48)35(22-27)29-16-17-34-41(24-29)47(30-8-2-1-3-9-30)40-21-18-33-32-11-5-7-13-42(32)49-44(33)43(34)40/h1-24,40,43H. The summed E-state index contributed by atoms with van der Waals surface area (Å²) in [6.07, 6.45) is 4.54. The Morgan fingerprint density at radius 3 is 2.20 bits per heavy atom. The molecule has 2 aliphatic rings. The Hall–Kier alpha value is -6.82. The molecular weight excluding hydrogens is 601 g/mol. The van der Waals surface area contributed by atoms with Crippen LogP contribution in [-0.4, -0.2) is 10.6 Å². The predicted molar refractivity (Wildman–Crippen MR) is 195 cm³/mol. The topological polar surface area (TPSA) is 68.9 Å². The van der Waals surface area contributed by atoms with Gasteiger partial charge in [0.2, 0.25) is 0 Å². The third kappa shape index (κ3) is 3.91. The van der Waals surface area contributed by atoms with Crippen molar-refractivity contribution in [3.05, 3.63) is 168 Å². The van der Waals surface area contributed by atoms with Crippen LogP contribution in [-0.2, 0) is 0 Å². The molecule has 0 bridgehead atoms. The number of benzene rings is 6. The van der Waals surface area contributed by atoms with E-state index >= 15 is 0 Å². The van der Waals surface area contributed by atoms with Gasteiger partial charge in [0.1, 0.15) is 11.3 Å². The molecule has 8 aromatic rings. The molecule has 6 aromatic carbocycles. The highest BCUT2D eigenvalue weighted by atomic mass is 16.3. The van der Waals surface area contributed by atoms with Crippen LogP contribution in [0.2, 0.25) is 0 Å². The first-order valence-corrected chi connectivity index (χ1v) is 16.4. The first kappa shape index (κ1) is 27.3. The first-order valence-electron chi connectivity index (χ1n) is 16.4. The number of hydrogen-bond donors (Lipinski definition) is 0. The molecule has 2 aromatic heterocycles. The molecule has 3 heterocycles. The van der Waals surface area contributed by atoms with E-state index in [4.69, 9.17) is 4.42 Å². The van der Waals surface area contributed by atoms with Crippen molar-refractivity contribution >= 4 is 50.2 Å². The summed E-state index contributed by atoms with van der Waals surface area (Å²) in [5.41, 5.74) is 11.7. The third-order valence-corrected chi connectivity index (χ3v) is 10.2. The second kappa shape index (κ2) is 10.3. The normalized spacial score (nSPS) is 16.0. The van der Waals surface area contributed by atoms with E-state index in [-0.39, 0.29) is 12.0 Å². The fourth-order valence-electron chi connectivity index (χ4n) is 8.09. The number of para-hydroxylation sites is 3. The van der Waals surface area contributed by atoms with Crippen molar-refractivity contribution in [3.8, 4) is 29.0 Å². The number of hydrogen-bond acceptors (Lipinski definition) is 4. The van der Waals surface area contributed by atoms with E-state index < -0.39 is 0 Å². The van der Waals surface area contributed by atoms with E-state index in [1.54, 1.807) is 0 Å². The summed E-state index contributed by atoms with van der Waals surface area (Å²) in [5, 5.41) is 23.0. The van der Waals surface area contributed by atoms with E-state index in [1.807, 2.05) is 66.7 Å². The van der Waals surface area contributed by atoms with Crippen LogP contribution in [0.15, 0.2) is 144 Å². The zero-order valence-corrected chi connectivity index (χ0v) is 26.2. The SMILES string of the molecule is N#Cc1ccc(-n2c3ccccc3c3cc(C#N)ccc32)c(-c2ccc3c(c2)N(c2ccccc2)C2C=Cc4c(oc5ccccc45)C32)c1. The third-order valence-electron chi connectivity index (χ3n) is 10.2. The molecule has 0 N–H and O–H groups in total. The van der Waals surface area contributed by atoms with Crippen LogP contribution in [0.3, 0.4) is 0 Å². The molecule has 5 nitrogen and oxygen atoms in total. The van der Waals surface area contributed by atoms with Gasteiger partial charge in [-0.25, -0.2) is 0 Å². The highest BCUT2D eigenvalue weighted by Gasteiger charge is 2.44. The lowest BCUT2D eigenvalue weighted by Crippen LogP contribution is -2.30. The minimum atomic E-state index is 0.0215. The average molecular weight is 627 g/mol. The first-order chi connectivity index (χ1) is 24.2. The molecule has 0 fully saturated rings.